The molecule has 0 atom stereocenters. The van der Waals surface area contributed by atoms with E-state index >= 15 is 0 Å². The van der Waals surface area contributed by atoms with Crippen LogP contribution in [0.2, 0.25) is 0 Å². The van der Waals surface area contributed by atoms with Crippen molar-refractivity contribution in [3.8, 4) is 6.07 Å². The van der Waals surface area contributed by atoms with Crippen LogP contribution >= 0.6 is 0 Å². The summed E-state index contributed by atoms with van der Waals surface area (Å²) < 4.78 is 52.7. The molecule has 0 saturated carbocycles. The van der Waals surface area contributed by atoms with Crippen molar-refractivity contribution >= 4 is 23.5 Å². The van der Waals surface area contributed by atoms with Crippen molar-refractivity contribution in [2.24, 2.45) is 5.41 Å². The Labute approximate surface area is 180 Å². The number of hydrogen-bond acceptors (Lipinski definition) is 7. The fourth-order valence-electron chi connectivity index (χ4n) is 2.29. The van der Waals surface area contributed by atoms with E-state index in [9.17, 15) is 27.2 Å². The highest BCUT2D eigenvalue weighted by molar-refractivity contribution is 5.91. The molecule has 1 N–H and O–H groups in total. The number of benzene rings is 1. The molecule has 1 aromatic carbocycles. The Balaban J connectivity index is 2.54. The van der Waals surface area contributed by atoms with E-state index in [1.165, 1.54) is 18.2 Å². The fourth-order valence-corrected chi connectivity index (χ4v) is 2.29. The summed E-state index contributed by atoms with van der Waals surface area (Å²) >= 11 is 0. The topological polar surface area (TPSA) is 111 Å². The summed E-state index contributed by atoms with van der Waals surface area (Å²) in [7, 11) is 0. The Kier molecular flexibility index (Phi) is 7.19. The molecule has 9 nitrogen and oxygen atoms in total. The SMILES string of the molecule is CC(C)(C)CN(c1ccnc(C#N)n1)N(OC(=O)C(F)(F)F)C(=O)Nc1ccccc1F. The molecule has 0 bridgehead atoms. The second-order valence-electron chi connectivity index (χ2n) is 7.53. The van der Waals surface area contributed by atoms with Gasteiger partial charge in [-0.15, -0.1) is 0 Å². The maximum atomic E-state index is 14.0. The van der Waals surface area contributed by atoms with Crippen LogP contribution in [0, 0.1) is 22.6 Å². The number of carbonyl (C=O) groups is 2. The third kappa shape index (κ3) is 6.53. The van der Waals surface area contributed by atoms with Crippen LogP contribution in [0.15, 0.2) is 36.5 Å². The number of nitrogens with one attached hydrogen (secondary N) is 1. The van der Waals surface area contributed by atoms with Crippen molar-refractivity contribution in [1.82, 2.24) is 15.1 Å². The molecule has 0 unspecified atom stereocenters. The van der Waals surface area contributed by atoms with Crippen LogP contribution in [0.3, 0.4) is 0 Å². The van der Waals surface area contributed by atoms with Gasteiger partial charge in [-0.25, -0.2) is 24.0 Å². The Hall–Kier alpha value is -3.95. The maximum Gasteiger partial charge on any atom is 0.493 e. The largest absolute Gasteiger partial charge is 0.493 e. The van der Waals surface area contributed by atoms with Gasteiger partial charge in [-0.05, 0) is 22.7 Å². The number of nitrogens with zero attached hydrogens (tertiary/aromatic N) is 5. The molecular weight excluding hydrogens is 436 g/mol. The van der Waals surface area contributed by atoms with Crippen molar-refractivity contribution < 1.29 is 32.0 Å². The van der Waals surface area contributed by atoms with Gasteiger partial charge in [0.2, 0.25) is 5.82 Å². The summed E-state index contributed by atoms with van der Waals surface area (Å²) in [5.74, 6) is -4.14. The Morgan fingerprint density at radius 2 is 1.84 bits per heavy atom. The second kappa shape index (κ2) is 9.46. The number of hydroxylamine groups is 1. The van der Waals surface area contributed by atoms with E-state index in [0.29, 0.717) is 0 Å². The van der Waals surface area contributed by atoms with E-state index in [1.54, 1.807) is 26.8 Å². The minimum Gasteiger partial charge on any atom is -0.306 e. The zero-order chi connectivity index (χ0) is 24.1. The number of alkyl halides is 3. The predicted octanol–water partition coefficient (Wildman–Crippen LogP) is 3.81. The first-order valence-corrected chi connectivity index (χ1v) is 8.97. The molecule has 1 aromatic heterocycles. The smallest absolute Gasteiger partial charge is 0.306 e. The van der Waals surface area contributed by atoms with Crippen LogP contribution in [0.5, 0.6) is 0 Å². The van der Waals surface area contributed by atoms with Crippen LogP contribution in [0.4, 0.5) is 33.9 Å². The number of hydrazine groups is 1. The summed E-state index contributed by atoms with van der Waals surface area (Å²) in [5, 5.41) is 11.9. The van der Waals surface area contributed by atoms with Gasteiger partial charge in [0.15, 0.2) is 5.82 Å². The third-order valence-electron chi connectivity index (χ3n) is 3.54. The number of nitriles is 1. The highest BCUT2D eigenvalue weighted by Gasteiger charge is 2.45. The van der Waals surface area contributed by atoms with Crippen molar-refractivity contribution in [3.63, 3.8) is 0 Å². The highest BCUT2D eigenvalue weighted by atomic mass is 19.4. The van der Waals surface area contributed by atoms with Crippen LogP contribution in [-0.4, -0.2) is 39.9 Å². The third-order valence-corrected chi connectivity index (χ3v) is 3.54. The van der Waals surface area contributed by atoms with Crippen LogP contribution < -0.4 is 10.3 Å². The van der Waals surface area contributed by atoms with Gasteiger partial charge in [-0.3, -0.25) is 0 Å². The zero-order valence-corrected chi connectivity index (χ0v) is 17.1. The van der Waals surface area contributed by atoms with Gasteiger partial charge in [-0.2, -0.15) is 23.4 Å². The molecule has 0 aliphatic heterocycles. The zero-order valence-electron chi connectivity index (χ0n) is 17.1. The van der Waals surface area contributed by atoms with Crippen molar-refractivity contribution in [3.05, 3.63) is 48.2 Å². The molecule has 0 aliphatic carbocycles. The van der Waals surface area contributed by atoms with Gasteiger partial charge in [-0.1, -0.05) is 32.9 Å². The van der Waals surface area contributed by atoms with E-state index in [0.717, 1.165) is 23.3 Å². The molecule has 0 aliphatic rings. The van der Waals surface area contributed by atoms with Gasteiger partial charge < -0.3 is 10.2 Å². The van der Waals surface area contributed by atoms with Gasteiger partial charge >= 0.3 is 18.2 Å². The minimum atomic E-state index is -5.44. The average Bonchev–Trinajstić information content (AvgIpc) is 2.70. The number of carbonyl (C=O) groups excluding carboxylic acids is 2. The highest BCUT2D eigenvalue weighted by Crippen LogP contribution is 2.25. The first kappa shape index (κ1) is 24.3. The molecule has 1 heterocycles. The lowest BCUT2D eigenvalue weighted by molar-refractivity contribution is -0.229. The van der Waals surface area contributed by atoms with Gasteiger partial charge in [0.05, 0.1) is 5.69 Å². The van der Waals surface area contributed by atoms with Gasteiger partial charge in [0.1, 0.15) is 11.9 Å². The van der Waals surface area contributed by atoms with Crippen molar-refractivity contribution in [1.29, 1.82) is 5.26 Å². The van der Waals surface area contributed by atoms with E-state index in [1.807, 2.05) is 5.32 Å². The molecule has 0 radical (unpaired) electrons. The lowest BCUT2D eigenvalue weighted by atomic mass is 9.97. The number of para-hydroxylation sites is 1. The molecule has 2 aromatic rings. The molecule has 0 fully saturated rings. The molecule has 13 heteroatoms. The Bertz CT molecular complexity index is 1030. The minimum absolute atomic E-state index is 0.0169. The van der Waals surface area contributed by atoms with Crippen molar-refractivity contribution in [2.45, 2.75) is 26.9 Å². The first-order valence-electron chi connectivity index (χ1n) is 8.97. The fraction of sp³-hybridized carbons (Fsp3) is 0.316. The van der Waals surface area contributed by atoms with E-state index in [-0.39, 0.29) is 29.0 Å². The molecule has 170 valence electrons. The van der Waals surface area contributed by atoms with E-state index in [4.69, 9.17) is 5.26 Å². The van der Waals surface area contributed by atoms with Crippen LogP contribution in [0.25, 0.3) is 0 Å². The lowest BCUT2D eigenvalue weighted by Gasteiger charge is -2.36. The van der Waals surface area contributed by atoms with Crippen LogP contribution in [0.1, 0.15) is 26.6 Å². The monoisotopic (exact) mass is 454 g/mol. The molecule has 0 saturated heterocycles. The second-order valence-corrected chi connectivity index (χ2v) is 7.53. The standard InChI is InChI=1S/C19H18F4N6O3/c1-18(2,3)11-28(15-8-9-25-14(10-24)27-15)29(32-16(30)19(21,22)23)17(31)26-13-7-5-4-6-12(13)20/h4-9H,11H2,1-3H3,(H,26,31). The normalized spacial score (nSPS) is 11.3. The molecular formula is C19H18F4N6O3. The number of aromatic nitrogens is 2. The summed E-state index contributed by atoms with van der Waals surface area (Å²) in [6.07, 6.45) is -4.30. The number of amides is 2. The lowest BCUT2D eigenvalue weighted by Crippen LogP contribution is -2.54. The molecule has 2 rings (SSSR count). The quantitative estimate of drug-likeness (QED) is 0.552. The summed E-state index contributed by atoms with van der Waals surface area (Å²) in [6, 6.07) is 6.31. The van der Waals surface area contributed by atoms with E-state index in [2.05, 4.69) is 14.8 Å². The summed E-state index contributed by atoms with van der Waals surface area (Å²) in [4.78, 5) is 36.3. The Morgan fingerprint density at radius 1 is 1.19 bits per heavy atom. The number of halogens is 4. The number of rotatable bonds is 4. The predicted molar refractivity (Wildman–Crippen MR) is 103 cm³/mol. The summed E-state index contributed by atoms with van der Waals surface area (Å²) in [5.41, 5.74) is -1.06. The molecule has 32 heavy (non-hydrogen) atoms. The average molecular weight is 454 g/mol. The molecule has 2 amide bonds. The van der Waals surface area contributed by atoms with Crippen LogP contribution in [-0.2, 0) is 9.63 Å². The number of anilines is 2. The number of hydrogen-bond donors (Lipinski definition) is 1. The van der Waals surface area contributed by atoms with Gasteiger partial charge in [0, 0.05) is 18.8 Å². The first-order chi connectivity index (χ1) is 14.8. The van der Waals surface area contributed by atoms with Crippen molar-refractivity contribution in [2.75, 3.05) is 16.9 Å². The van der Waals surface area contributed by atoms with Gasteiger partial charge in [0.25, 0.3) is 0 Å². The number of urea groups is 1. The van der Waals surface area contributed by atoms with E-state index < -0.39 is 29.4 Å². The molecule has 0 spiro atoms. The summed E-state index contributed by atoms with van der Waals surface area (Å²) in [6.45, 7) is 4.85. The maximum absolute atomic E-state index is 14.0. The Morgan fingerprint density at radius 3 is 2.41 bits per heavy atom.